The van der Waals surface area contributed by atoms with Crippen LogP contribution in [0, 0.1) is 17.6 Å². The third-order valence-electron chi connectivity index (χ3n) is 6.41. The summed E-state index contributed by atoms with van der Waals surface area (Å²) in [6, 6.07) is 17.7. The zero-order chi connectivity index (χ0) is 25.2. The molecule has 0 aliphatic carbocycles. The molecule has 36 heavy (non-hydrogen) atoms. The number of fused-ring (bicyclic) bond motifs is 1. The number of aromatic nitrogens is 1. The van der Waals surface area contributed by atoms with Gasteiger partial charge in [0, 0.05) is 26.2 Å². The van der Waals surface area contributed by atoms with Crippen LogP contribution in [0.15, 0.2) is 60.7 Å². The molecule has 186 valence electrons. The van der Waals surface area contributed by atoms with E-state index >= 15 is 0 Å². The van der Waals surface area contributed by atoms with Gasteiger partial charge >= 0.3 is 5.97 Å². The second kappa shape index (κ2) is 10.1. The summed E-state index contributed by atoms with van der Waals surface area (Å²) >= 11 is 1.28. The van der Waals surface area contributed by atoms with Gasteiger partial charge in [-0.05, 0) is 53.9 Å². The minimum atomic E-state index is -0.858. The lowest BCUT2D eigenvalue weighted by Gasteiger charge is -2.38. The van der Waals surface area contributed by atoms with Crippen molar-refractivity contribution in [3.63, 3.8) is 0 Å². The Hall–Kier alpha value is -3.72. The number of hydrogen-bond acceptors (Lipinski definition) is 6. The molecule has 0 bridgehead atoms. The summed E-state index contributed by atoms with van der Waals surface area (Å²) < 4.78 is 35.0. The first kappa shape index (κ1) is 24.0. The Bertz CT molecular complexity index is 1390. The smallest absolute Gasteiger partial charge is 0.310 e. The number of carboxylic acid groups (broad SMARTS) is 1. The molecule has 1 aromatic heterocycles. The molecule has 0 radical (unpaired) electrons. The molecule has 5 rings (SSSR count). The van der Waals surface area contributed by atoms with Crippen molar-refractivity contribution in [1.82, 2.24) is 4.98 Å². The molecule has 1 fully saturated rings. The predicted molar refractivity (Wildman–Crippen MR) is 137 cm³/mol. The van der Waals surface area contributed by atoms with Crippen LogP contribution >= 0.6 is 11.3 Å². The number of ether oxygens (including phenoxy) is 1. The molecular weight excluding hydrogens is 484 g/mol. The Balaban J connectivity index is 1.37. The van der Waals surface area contributed by atoms with Crippen LogP contribution in [0.2, 0.25) is 0 Å². The van der Waals surface area contributed by atoms with Crippen molar-refractivity contribution in [2.24, 2.45) is 5.92 Å². The van der Waals surface area contributed by atoms with Gasteiger partial charge in [-0.3, -0.25) is 4.79 Å². The van der Waals surface area contributed by atoms with Gasteiger partial charge in [-0.15, -0.1) is 0 Å². The highest BCUT2D eigenvalue weighted by atomic mass is 32.1. The van der Waals surface area contributed by atoms with E-state index in [1.807, 2.05) is 35.2 Å². The topological polar surface area (TPSA) is 65.9 Å². The Morgan fingerprint density at radius 1 is 1.11 bits per heavy atom. The van der Waals surface area contributed by atoms with Gasteiger partial charge in [0.15, 0.2) is 5.13 Å². The van der Waals surface area contributed by atoms with Crippen molar-refractivity contribution in [2.75, 3.05) is 36.5 Å². The molecule has 0 spiro atoms. The number of aliphatic carboxylic acids is 1. The van der Waals surface area contributed by atoms with E-state index in [9.17, 15) is 13.6 Å². The van der Waals surface area contributed by atoms with Crippen LogP contribution in [0.4, 0.5) is 19.6 Å². The Kier molecular flexibility index (Phi) is 6.73. The fourth-order valence-corrected chi connectivity index (χ4v) is 5.29. The number of carboxylic acids is 1. The van der Waals surface area contributed by atoms with E-state index in [0.717, 1.165) is 16.9 Å². The van der Waals surface area contributed by atoms with Crippen molar-refractivity contribution in [1.29, 1.82) is 0 Å². The number of carbonyl (C=O) groups is 1. The summed E-state index contributed by atoms with van der Waals surface area (Å²) in [7, 11) is 1.62. The van der Waals surface area contributed by atoms with Crippen LogP contribution in [-0.2, 0) is 17.8 Å². The first-order chi connectivity index (χ1) is 17.4. The lowest BCUT2D eigenvalue weighted by molar-refractivity contribution is -0.142. The number of hydrogen-bond donors (Lipinski definition) is 1. The number of benzene rings is 3. The van der Waals surface area contributed by atoms with Gasteiger partial charge < -0.3 is 19.6 Å². The number of thiazole rings is 1. The molecule has 9 heteroatoms. The molecule has 4 aromatic rings. The quantitative estimate of drug-likeness (QED) is 0.328. The van der Waals surface area contributed by atoms with Crippen molar-refractivity contribution >= 4 is 38.3 Å². The van der Waals surface area contributed by atoms with Crippen LogP contribution in [0.25, 0.3) is 10.2 Å². The maximum atomic E-state index is 15.0. The maximum Gasteiger partial charge on any atom is 0.310 e. The summed E-state index contributed by atoms with van der Waals surface area (Å²) in [4.78, 5) is 19.5. The molecule has 0 saturated carbocycles. The van der Waals surface area contributed by atoms with Gasteiger partial charge in [0.1, 0.15) is 17.4 Å². The van der Waals surface area contributed by atoms with E-state index < -0.39 is 11.9 Å². The van der Waals surface area contributed by atoms with Crippen LogP contribution in [-0.4, -0.2) is 42.8 Å². The van der Waals surface area contributed by atoms with E-state index in [2.05, 4.69) is 4.98 Å². The van der Waals surface area contributed by atoms with Crippen molar-refractivity contribution in [3.8, 4) is 5.75 Å². The van der Waals surface area contributed by atoms with Gasteiger partial charge in [-0.25, -0.2) is 13.8 Å². The van der Waals surface area contributed by atoms with Gasteiger partial charge in [-0.1, -0.05) is 35.6 Å². The highest BCUT2D eigenvalue weighted by molar-refractivity contribution is 7.22. The summed E-state index contributed by atoms with van der Waals surface area (Å²) in [6.07, 6.45) is 0.716. The number of nitrogens with zero attached hydrogens (tertiary/aromatic N) is 3. The fourth-order valence-electron chi connectivity index (χ4n) is 4.29. The van der Waals surface area contributed by atoms with E-state index in [0.29, 0.717) is 53.6 Å². The van der Waals surface area contributed by atoms with E-state index in [-0.39, 0.29) is 11.6 Å². The maximum absolute atomic E-state index is 15.0. The molecule has 0 unspecified atom stereocenters. The highest BCUT2D eigenvalue weighted by Crippen LogP contribution is 2.33. The summed E-state index contributed by atoms with van der Waals surface area (Å²) in [5.74, 6) is -1.23. The third kappa shape index (κ3) is 4.97. The van der Waals surface area contributed by atoms with Gasteiger partial charge in [0.2, 0.25) is 0 Å². The number of rotatable bonds is 9. The Morgan fingerprint density at radius 2 is 1.86 bits per heavy atom. The molecule has 1 N–H and O–H groups in total. The first-order valence-corrected chi connectivity index (χ1v) is 12.4. The first-order valence-electron chi connectivity index (χ1n) is 11.6. The number of halogens is 2. The third-order valence-corrected chi connectivity index (χ3v) is 7.55. The fraction of sp³-hybridized carbons (Fsp3) is 0.259. The van der Waals surface area contributed by atoms with Gasteiger partial charge in [0.25, 0.3) is 0 Å². The van der Waals surface area contributed by atoms with Crippen molar-refractivity contribution < 1.29 is 23.4 Å². The monoisotopic (exact) mass is 509 g/mol. The molecule has 6 nitrogen and oxygen atoms in total. The second-order valence-electron chi connectivity index (χ2n) is 8.83. The molecule has 3 aromatic carbocycles. The largest absolute Gasteiger partial charge is 0.497 e. The zero-order valence-corrected chi connectivity index (χ0v) is 20.5. The SMILES string of the molecule is COc1ccc(CCN(Cc2ccc(N3CC(C(=O)O)C3)c(F)c2)c2nc3cccc(F)c3s2)cc1. The predicted octanol–water partition coefficient (Wildman–Crippen LogP) is 5.35. The lowest BCUT2D eigenvalue weighted by Crippen LogP contribution is -2.50. The minimum absolute atomic E-state index is 0.302. The summed E-state index contributed by atoms with van der Waals surface area (Å²) in [5, 5.41) is 9.75. The standard InChI is InChI=1S/C27H25F2N3O3S/c1-35-20-8-5-17(6-9-20)11-12-31(27-30-23-4-2-3-21(28)25(23)36-27)14-18-7-10-24(22(29)13-18)32-15-19(16-32)26(33)34/h2-10,13,19H,11-12,14-16H2,1H3,(H,33,34). The zero-order valence-electron chi connectivity index (χ0n) is 19.7. The average molecular weight is 510 g/mol. The number of methoxy groups -OCH3 is 1. The minimum Gasteiger partial charge on any atom is -0.497 e. The summed E-state index contributed by atoms with van der Waals surface area (Å²) in [6.45, 7) is 1.60. The van der Waals surface area contributed by atoms with Gasteiger partial charge in [-0.2, -0.15) is 0 Å². The number of anilines is 2. The molecule has 1 saturated heterocycles. The van der Waals surface area contributed by atoms with E-state index in [1.165, 1.54) is 23.5 Å². The molecule has 2 heterocycles. The van der Waals surface area contributed by atoms with E-state index in [1.54, 1.807) is 30.2 Å². The Labute approximate surface area is 211 Å². The van der Waals surface area contributed by atoms with Crippen molar-refractivity contribution in [2.45, 2.75) is 13.0 Å². The normalized spacial score (nSPS) is 13.6. The van der Waals surface area contributed by atoms with Crippen molar-refractivity contribution in [3.05, 3.63) is 83.4 Å². The average Bonchev–Trinajstić information content (AvgIpc) is 3.28. The van der Waals surface area contributed by atoms with Crippen LogP contribution < -0.4 is 14.5 Å². The van der Waals surface area contributed by atoms with Crippen LogP contribution in [0.3, 0.4) is 0 Å². The van der Waals surface area contributed by atoms with Crippen LogP contribution in [0.5, 0.6) is 5.75 Å². The Morgan fingerprint density at radius 3 is 2.53 bits per heavy atom. The molecule has 0 atom stereocenters. The highest BCUT2D eigenvalue weighted by Gasteiger charge is 2.33. The molecule has 1 aliphatic rings. The lowest BCUT2D eigenvalue weighted by atomic mass is 9.99. The van der Waals surface area contributed by atoms with E-state index in [4.69, 9.17) is 9.84 Å². The molecule has 1 aliphatic heterocycles. The molecular formula is C27H25F2N3O3S. The van der Waals surface area contributed by atoms with Crippen LogP contribution in [0.1, 0.15) is 11.1 Å². The second-order valence-corrected chi connectivity index (χ2v) is 9.81. The molecule has 0 amide bonds. The van der Waals surface area contributed by atoms with Gasteiger partial charge in [0.05, 0.1) is 28.9 Å². The summed E-state index contributed by atoms with van der Waals surface area (Å²) in [5.41, 5.74) is 2.86.